The number of urea groups is 2. The van der Waals surface area contributed by atoms with Crippen molar-refractivity contribution in [2.24, 2.45) is 5.92 Å². The van der Waals surface area contributed by atoms with Gasteiger partial charge in [0.2, 0.25) is 0 Å². The maximum absolute atomic E-state index is 14.3. The number of anilines is 3. The van der Waals surface area contributed by atoms with Gasteiger partial charge in [-0.3, -0.25) is 4.79 Å². The van der Waals surface area contributed by atoms with Gasteiger partial charge >= 0.3 is 18.2 Å². The second kappa shape index (κ2) is 17.9. The van der Waals surface area contributed by atoms with Crippen LogP contribution in [0.1, 0.15) is 56.0 Å². The molecule has 3 aromatic rings. The largest absolute Gasteiger partial charge is 0.490 e. The van der Waals surface area contributed by atoms with E-state index < -0.39 is 35.8 Å². The number of para-hydroxylation sites is 1. The molecule has 0 unspecified atom stereocenters. The normalized spacial score (nSPS) is 19.5. The molecule has 1 heterocycles. The molecule has 0 saturated carbocycles. The number of aliphatic hydroxyl groups is 1. The van der Waals surface area contributed by atoms with Crippen LogP contribution in [0, 0.1) is 5.92 Å². The molecule has 4 rings (SSSR count). The number of nitrogens with zero attached hydrogens (tertiary/aromatic N) is 2. The van der Waals surface area contributed by atoms with Gasteiger partial charge in [-0.25, -0.2) is 9.59 Å². The highest BCUT2D eigenvalue weighted by atomic mass is 19.4. The number of nitrogens with one attached hydrogen (secondary N) is 3. The molecule has 4 N–H and O–H groups in total. The van der Waals surface area contributed by atoms with Gasteiger partial charge < -0.3 is 40.3 Å². The third-order valence-corrected chi connectivity index (χ3v) is 8.61. The van der Waals surface area contributed by atoms with Gasteiger partial charge in [0.1, 0.15) is 5.75 Å². The smallest absolute Gasteiger partial charge is 0.416 e. The molecule has 3 aromatic carbocycles. The molecular formula is C37H46F3N5O6. The molecule has 0 saturated heterocycles. The SMILES string of the molecule is C[C@H]1CCCCO[C@H](CN(C)C(=O)Nc2ccccc2)[C@@H](C)CN([C@@H](C)CO)C(=O)c2cc(NC(=O)Nc3ccc(C(F)(F)F)cc3)ccc2O1. The van der Waals surface area contributed by atoms with Crippen molar-refractivity contribution in [3.63, 3.8) is 0 Å². The van der Waals surface area contributed by atoms with Gasteiger partial charge in [-0.05, 0) is 87.7 Å². The number of rotatable bonds is 7. The molecule has 0 radical (unpaired) electrons. The topological polar surface area (TPSA) is 132 Å². The van der Waals surface area contributed by atoms with Crippen molar-refractivity contribution >= 4 is 35.0 Å². The fraction of sp³-hybridized carbons (Fsp3) is 0.432. The summed E-state index contributed by atoms with van der Waals surface area (Å²) in [6.07, 6.45) is -3.03. The lowest BCUT2D eigenvalue weighted by molar-refractivity contribution is -0.137. The molecule has 5 amide bonds. The van der Waals surface area contributed by atoms with Gasteiger partial charge in [-0.1, -0.05) is 25.1 Å². The number of hydrogen-bond acceptors (Lipinski definition) is 6. The van der Waals surface area contributed by atoms with Crippen LogP contribution in [0.2, 0.25) is 0 Å². The van der Waals surface area contributed by atoms with Gasteiger partial charge in [0.05, 0.1) is 36.0 Å². The first-order valence-corrected chi connectivity index (χ1v) is 16.9. The van der Waals surface area contributed by atoms with Crippen LogP contribution in [-0.2, 0) is 10.9 Å². The van der Waals surface area contributed by atoms with Crippen LogP contribution in [-0.4, -0.2) is 84.5 Å². The Hall–Kier alpha value is -4.82. The summed E-state index contributed by atoms with van der Waals surface area (Å²) < 4.78 is 51.4. The number of carbonyl (C=O) groups excluding carboxylic acids is 3. The van der Waals surface area contributed by atoms with E-state index in [4.69, 9.17) is 9.47 Å². The monoisotopic (exact) mass is 713 g/mol. The number of likely N-dealkylation sites (N-methyl/N-ethyl adjacent to an activating group) is 1. The summed E-state index contributed by atoms with van der Waals surface area (Å²) in [7, 11) is 1.68. The molecule has 0 aliphatic carbocycles. The molecule has 1 aliphatic heterocycles. The summed E-state index contributed by atoms with van der Waals surface area (Å²) in [5.41, 5.74) is 0.339. The lowest BCUT2D eigenvalue weighted by atomic mass is 10.0. The highest BCUT2D eigenvalue weighted by molar-refractivity contribution is 6.02. The number of alkyl halides is 3. The number of amides is 5. The Labute approximate surface area is 296 Å². The van der Waals surface area contributed by atoms with E-state index in [2.05, 4.69) is 16.0 Å². The molecule has 1 aliphatic rings. The lowest BCUT2D eigenvalue weighted by Crippen LogP contribution is -2.48. The Morgan fingerprint density at radius 2 is 1.61 bits per heavy atom. The fourth-order valence-electron chi connectivity index (χ4n) is 5.59. The van der Waals surface area contributed by atoms with Crippen molar-refractivity contribution in [3.8, 4) is 5.75 Å². The molecule has 276 valence electrons. The molecule has 0 spiro atoms. The minimum Gasteiger partial charge on any atom is -0.490 e. The summed E-state index contributed by atoms with van der Waals surface area (Å²) in [6, 6.07) is 16.1. The van der Waals surface area contributed by atoms with Gasteiger partial charge in [-0.2, -0.15) is 13.2 Å². The Morgan fingerprint density at radius 3 is 2.27 bits per heavy atom. The molecule has 14 heteroatoms. The van der Waals surface area contributed by atoms with E-state index in [-0.39, 0.29) is 54.7 Å². The molecular weight excluding hydrogens is 667 g/mol. The Bertz CT molecular complexity index is 1610. The molecule has 11 nitrogen and oxygen atoms in total. The number of benzene rings is 3. The minimum absolute atomic E-state index is 0.143. The molecule has 4 atom stereocenters. The highest BCUT2D eigenvalue weighted by Crippen LogP contribution is 2.31. The second-order valence-electron chi connectivity index (χ2n) is 12.8. The number of ether oxygens (including phenoxy) is 2. The van der Waals surface area contributed by atoms with E-state index >= 15 is 0 Å². The van der Waals surface area contributed by atoms with Crippen LogP contribution in [0.4, 0.5) is 39.8 Å². The molecule has 0 aromatic heterocycles. The maximum Gasteiger partial charge on any atom is 0.416 e. The molecule has 0 fully saturated rings. The van der Waals surface area contributed by atoms with E-state index in [0.717, 1.165) is 37.1 Å². The van der Waals surface area contributed by atoms with E-state index in [1.807, 2.05) is 32.0 Å². The fourth-order valence-corrected chi connectivity index (χ4v) is 5.59. The zero-order chi connectivity index (χ0) is 37.1. The predicted octanol–water partition coefficient (Wildman–Crippen LogP) is 7.31. The predicted molar refractivity (Wildman–Crippen MR) is 189 cm³/mol. The van der Waals surface area contributed by atoms with Crippen molar-refractivity contribution in [1.29, 1.82) is 0 Å². The van der Waals surface area contributed by atoms with E-state index in [1.54, 1.807) is 38.2 Å². The number of hydrogen-bond donors (Lipinski definition) is 4. The van der Waals surface area contributed by atoms with Crippen LogP contribution in [0.3, 0.4) is 0 Å². The van der Waals surface area contributed by atoms with Crippen LogP contribution >= 0.6 is 0 Å². The third-order valence-electron chi connectivity index (χ3n) is 8.61. The average Bonchev–Trinajstić information content (AvgIpc) is 3.09. The maximum atomic E-state index is 14.3. The van der Waals surface area contributed by atoms with Crippen molar-refractivity contribution in [2.75, 3.05) is 49.3 Å². The minimum atomic E-state index is -4.51. The summed E-state index contributed by atoms with van der Waals surface area (Å²) in [5.74, 6) is -0.438. The zero-order valence-electron chi connectivity index (χ0n) is 29.2. The summed E-state index contributed by atoms with van der Waals surface area (Å²) in [6.45, 7) is 6.06. The number of carbonyl (C=O) groups is 3. The Balaban J connectivity index is 1.56. The first kappa shape index (κ1) is 39.0. The van der Waals surface area contributed by atoms with Gasteiger partial charge in [-0.15, -0.1) is 0 Å². The quantitative estimate of drug-likeness (QED) is 0.203. The lowest BCUT2D eigenvalue weighted by Gasteiger charge is -2.35. The number of halogens is 3. The zero-order valence-corrected chi connectivity index (χ0v) is 29.2. The van der Waals surface area contributed by atoms with E-state index in [0.29, 0.717) is 24.5 Å². The molecule has 51 heavy (non-hydrogen) atoms. The highest BCUT2D eigenvalue weighted by Gasteiger charge is 2.32. The molecule has 0 bridgehead atoms. The summed E-state index contributed by atoms with van der Waals surface area (Å²) in [5, 5.41) is 18.2. The van der Waals surface area contributed by atoms with Crippen molar-refractivity contribution in [2.45, 2.75) is 64.5 Å². The van der Waals surface area contributed by atoms with Crippen LogP contribution in [0.15, 0.2) is 72.8 Å². The first-order valence-electron chi connectivity index (χ1n) is 16.9. The Kier molecular flexibility index (Phi) is 13.7. The van der Waals surface area contributed by atoms with Crippen LogP contribution in [0.25, 0.3) is 0 Å². The van der Waals surface area contributed by atoms with E-state index in [9.17, 15) is 32.7 Å². The third kappa shape index (κ3) is 11.3. The van der Waals surface area contributed by atoms with Crippen LogP contribution < -0.4 is 20.7 Å². The number of aliphatic hydroxyl groups excluding tert-OH is 1. The number of fused-ring (bicyclic) bond motifs is 1. The van der Waals surface area contributed by atoms with Gasteiger partial charge in [0.25, 0.3) is 5.91 Å². The van der Waals surface area contributed by atoms with Crippen molar-refractivity contribution in [1.82, 2.24) is 9.80 Å². The first-order chi connectivity index (χ1) is 24.2. The van der Waals surface area contributed by atoms with Crippen molar-refractivity contribution < 1.29 is 42.1 Å². The standard InChI is InChI=1S/C37H46F3N5O6/c1-24-21-45(25(2)23-46)34(47)31-20-30(42-35(48)41-29-15-13-27(14-16-29)37(38,39)40)17-18-32(31)51-26(3)10-8-9-19-50-33(24)22-44(4)36(49)43-28-11-6-5-7-12-28/h5-7,11-18,20,24-26,33,46H,8-10,19,21-23H2,1-4H3,(H,43,49)(H2,41,42,48)/t24-,25-,26-,33+/m0/s1. The van der Waals surface area contributed by atoms with Crippen LogP contribution in [0.5, 0.6) is 5.75 Å². The average molecular weight is 714 g/mol. The van der Waals surface area contributed by atoms with E-state index in [1.165, 1.54) is 15.9 Å². The summed E-state index contributed by atoms with van der Waals surface area (Å²) in [4.78, 5) is 43.3. The summed E-state index contributed by atoms with van der Waals surface area (Å²) >= 11 is 0. The second-order valence-corrected chi connectivity index (χ2v) is 12.8. The Morgan fingerprint density at radius 1 is 0.961 bits per heavy atom. The van der Waals surface area contributed by atoms with Crippen molar-refractivity contribution in [3.05, 3.63) is 83.9 Å². The van der Waals surface area contributed by atoms with Gasteiger partial charge in [0, 0.05) is 49.7 Å². The van der Waals surface area contributed by atoms with Gasteiger partial charge in [0.15, 0.2) is 0 Å².